The zero-order valence-corrected chi connectivity index (χ0v) is 18.3. The number of hydrogen-bond donors (Lipinski definition) is 2. The molecule has 0 aliphatic carbocycles. The highest BCUT2D eigenvalue weighted by Gasteiger charge is 2.23. The van der Waals surface area contributed by atoms with Gasteiger partial charge >= 0.3 is 5.97 Å². The molecule has 0 saturated heterocycles. The van der Waals surface area contributed by atoms with Crippen LogP contribution in [0.4, 0.5) is 4.39 Å². The van der Waals surface area contributed by atoms with Crippen LogP contribution in [-0.2, 0) is 17.8 Å². The average molecular weight is 449 g/mol. The van der Waals surface area contributed by atoms with E-state index in [1.807, 2.05) is 19.1 Å². The number of nitrogens with zero attached hydrogens (tertiary/aromatic N) is 1. The van der Waals surface area contributed by atoms with Crippen molar-refractivity contribution in [1.29, 1.82) is 0 Å². The summed E-state index contributed by atoms with van der Waals surface area (Å²) in [4.78, 5) is 12.3. The van der Waals surface area contributed by atoms with Crippen LogP contribution in [0.3, 0.4) is 0 Å². The molecule has 2 aromatic carbocycles. The van der Waals surface area contributed by atoms with Crippen molar-refractivity contribution < 1.29 is 23.8 Å². The molecule has 31 heavy (non-hydrogen) atoms. The van der Waals surface area contributed by atoms with Crippen LogP contribution >= 0.6 is 11.6 Å². The van der Waals surface area contributed by atoms with E-state index >= 15 is 0 Å². The molecule has 0 spiro atoms. The van der Waals surface area contributed by atoms with Gasteiger partial charge in [0, 0.05) is 48.3 Å². The molecular weight excluding hydrogens is 423 g/mol. The summed E-state index contributed by atoms with van der Waals surface area (Å²) in [7, 11) is 1.56. The zero-order valence-electron chi connectivity index (χ0n) is 17.6. The van der Waals surface area contributed by atoms with Gasteiger partial charge in [0.1, 0.15) is 17.3 Å². The van der Waals surface area contributed by atoms with Crippen molar-refractivity contribution in [3.8, 4) is 5.75 Å². The number of ether oxygens (including phenoxy) is 2. The second-order valence-electron chi connectivity index (χ2n) is 7.06. The predicted octanol–water partition coefficient (Wildman–Crippen LogP) is 4.71. The molecule has 0 fully saturated rings. The Labute approximate surface area is 185 Å². The van der Waals surface area contributed by atoms with Gasteiger partial charge in [-0.1, -0.05) is 17.7 Å². The van der Waals surface area contributed by atoms with Gasteiger partial charge < -0.3 is 24.5 Å². The Hall–Kier alpha value is -2.61. The maximum Gasteiger partial charge on any atom is 0.352 e. The third kappa shape index (κ3) is 5.36. The van der Waals surface area contributed by atoms with Crippen LogP contribution in [0.5, 0.6) is 5.75 Å². The maximum atomic E-state index is 13.5. The Bertz CT molecular complexity index is 1070. The van der Waals surface area contributed by atoms with Crippen molar-refractivity contribution in [3.63, 3.8) is 0 Å². The van der Waals surface area contributed by atoms with Gasteiger partial charge in [-0.05, 0) is 49.7 Å². The molecule has 1 heterocycles. The van der Waals surface area contributed by atoms with E-state index in [4.69, 9.17) is 21.1 Å². The molecule has 0 aliphatic heterocycles. The third-order valence-corrected chi connectivity index (χ3v) is 5.42. The minimum absolute atomic E-state index is 0.168. The van der Waals surface area contributed by atoms with Gasteiger partial charge in [0.05, 0.1) is 12.6 Å². The number of benzene rings is 2. The molecule has 0 radical (unpaired) electrons. The summed E-state index contributed by atoms with van der Waals surface area (Å²) >= 11 is 6.22. The lowest BCUT2D eigenvalue weighted by Crippen LogP contribution is -2.19. The highest BCUT2D eigenvalue weighted by atomic mass is 35.5. The van der Waals surface area contributed by atoms with Crippen molar-refractivity contribution in [2.75, 3.05) is 26.9 Å². The lowest BCUT2D eigenvalue weighted by Gasteiger charge is -2.11. The summed E-state index contributed by atoms with van der Waals surface area (Å²) in [6, 6.07) is 9.58. The van der Waals surface area contributed by atoms with Crippen molar-refractivity contribution in [1.82, 2.24) is 9.88 Å². The molecule has 2 N–H and O–H groups in total. The summed E-state index contributed by atoms with van der Waals surface area (Å²) in [6.07, 6.45) is 0.827. The fourth-order valence-electron chi connectivity index (χ4n) is 3.59. The molecule has 0 aliphatic rings. The number of nitrogens with one attached hydrogen (secondary N) is 1. The second kappa shape index (κ2) is 10.6. The van der Waals surface area contributed by atoms with Gasteiger partial charge in [-0.25, -0.2) is 9.18 Å². The first kappa shape index (κ1) is 23.1. The van der Waals surface area contributed by atoms with E-state index in [2.05, 4.69) is 5.32 Å². The van der Waals surface area contributed by atoms with E-state index in [1.165, 1.54) is 12.1 Å². The van der Waals surface area contributed by atoms with Crippen LogP contribution in [0, 0.1) is 5.82 Å². The molecule has 0 bridgehead atoms. The summed E-state index contributed by atoms with van der Waals surface area (Å²) in [5.41, 5.74) is 2.19. The van der Waals surface area contributed by atoms with Crippen molar-refractivity contribution in [2.45, 2.75) is 26.4 Å². The highest BCUT2D eigenvalue weighted by Crippen LogP contribution is 2.31. The quantitative estimate of drug-likeness (QED) is 0.416. The lowest BCUT2D eigenvalue weighted by molar-refractivity contribution is 0.0684. The Kier molecular flexibility index (Phi) is 7.90. The first-order valence-corrected chi connectivity index (χ1v) is 10.5. The Morgan fingerprint density at radius 2 is 2.06 bits per heavy atom. The van der Waals surface area contributed by atoms with E-state index in [1.54, 1.807) is 23.8 Å². The summed E-state index contributed by atoms with van der Waals surface area (Å²) in [5.74, 6) is -0.868. The standard InChI is InChI=1S/C23H26ClFN2O4/c1-3-31-10-4-9-26-13-19-18-8-7-17(30-2)12-21(18)27(22(19)23(28)29)14-15-5-6-16(25)11-20(15)24/h5-8,11-12,26H,3-4,9-10,13-14H2,1-2H3,(H,28,29). The monoisotopic (exact) mass is 448 g/mol. The first-order chi connectivity index (χ1) is 15.0. The van der Waals surface area contributed by atoms with Crippen LogP contribution in [-0.4, -0.2) is 42.5 Å². The van der Waals surface area contributed by atoms with Gasteiger partial charge in [-0.2, -0.15) is 0 Å². The largest absolute Gasteiger partial charge is 0.497 e. The topological polar surface area (TPSA) is 72.7 Å². The molecule has 6 nitrogen and oxygen atoms in total. The number of carboxylic acid groups (broad SMARTS) is 1. The molecule has 0 amide bonds. The summed E-state index contributed by atoms with van der Waals surface area (Å²) in [6.45, 7) is 4.55. The van der Waals surface area contributed by atoms with Crippen LogP contribution in [0.25, 0.3) is 10.9 Å². The SMILES string of the molecule is CCOCCCNCc1c(C(=O)O)n(Cc2ccc(F)cc2Cl)c2cc(OC)ccc12. The average Bonchev–Trinajstić information content (AvgIpc) is 3.05. The molecule has 3 rings (SSSR count). The number of aromatic nitrogens is 1. The number of aromatic carboxylic acids is 1. The van der Waals surface area contributed by atoms with E-state index in [-0.39, 0.29) is 17.3 Å². The van der Waals surface area contributed by atoms with Crippen LogP contribution in [0.2, 0.25) is 5.02 Å². The van der Waals surface area contributed by atoms with Crippen molar-refractivity contribution >= 4 is 28.5 Å². The molecule has 166 valence electrons. The maximum absolute atomic E-state index is 13.5. The molecule has 0 unspecified atom stereocenters. The van der Waals surface area contributed by atoms with Gasteiger partial charge in [-0.3, -0.25) is 0 Å². The fourth-order valence-corrected chi connectivity index (χ4v) is 3.82. The number of methoxy groups -OCH3 is 1. The normalized spacial score (nSPS) is 11.2. The van der Waals surface area contributed by atoms with E-state index in [9.17, 15) is 14.3 Å². The Morgan fingerprint density at radius 1 is 1.26 bits per heavy atom. The van der Waals surface area contributed by atoms with Crippen LogP contribution in [0.1, 0.15) is 35.0 Å². The smallest absolute Gasteiger partial charge is 0.352 e. The van der Waals surface area contributed by atoms with E-state index in [0.717, 1.165) is 11.8 Å². The number of halogens is 2. The van der Waals surface area contributed by atoms with Gasteiger partial charge in [0.2, 0.25) is 0 Å². The Morgan fingerprint density at radius 3 is 2.74 bits per heavy atom. The van der Waals surface area contributed by atoms with E-state index < -0.39 is 11.8 Å². The van der Waals surface area contributed by atoms with E-state index in [0.29, 0.717) is 48.7 Å². The number of rotatable bonds is 11. The minimum atomic E-state index is -1.04. The molecule has 0 atom stereocenters. The Balaban J connectivity index is 2.02. The lowest BCUT2D eigenvalue weighted by atomic mass is 10.1. The van der Waals surface area contributed by atoms with Crippen molar-refractivity contribution in [2.24, 2.45) is 0 Å². The molecule has 8 heteroatoms. The third-order valence-electron chi connectivity index (χ3n) is 5.07. The minimum Gasteiger partial charge on any atom is -0.497 e. The first-order valence-electron chi connectivity index (χ1n) is 10.1. The second-order valence-corrected chi connectivity index (χ2v) is 7.47. The zero-order chi connectivity index (χ0) is 22.4. The van der Waals surface area contributed by atoms with Crippen LogP contribution < -0.4 is 10.1 Å². The molecule has 0 saturated carbocycles. The van der Waals surface area contributed by atoms with Gasteiger partial charge in [0.15, 0.2) is 0 Å². The fraction of sp³-hybridized carbons (Fsp3) is 0.348. The van der Waals surface area contributed by atoms with Crippen molar-refractivity contribution in [3.05, 3.63) is 64.1 Å². The predicted molar refractivity (Wildman–Crippen MR) is 119 cm³/mol. The number of carbonyl (C=O) groups is 1. The van der Waals surface area contributed by atoms with Gasteiger partial charge in [-0.15, -0.1) is 0 Å². The number of carboxylic acids is 1. The van der Waals surface area contributed by atoms with Gasteiger partial charge in [0.25, 0.3) is 0 Å². The molecule has 3 aromatic rings. The number of fused-ring (bicyclic) bond motifs is 1. The highest BCUT2D eigenvalue weighted by molar-refractivity contribution is 6.31. The number of hydrogen-bond acceptors (Lipinski definition) is 4. The summed E-state index contributed by atoms with van der Waals surface area (Å²) < 4.78 is 25.9. The molecule has 1 aromatic heterocycles. The van der Waals surface area contributed by atoms with Crippen LogP contribution in [0.15, 0.2) is 36.4 Å². The summed E-state index contributed by atoms with van der Waals surface area (Å²) in [5, 5.41) is 14.4. The molecular formula is C23H26ClFN2O4.